The number of nitrogens with zero attached hydrogens (tertiary/aromatic N) is 1. The van der Waals surface area contributed by atoms with Crippen LogP contribution in [0, 0.1) is 0 Å². The van der Waals surface area contributed by atoms with Crippen LogP contribution in [0.25, 0.3) is 0 Å². The summed E-state index contributed by atoms with van der Waals surface area (Å²) in [6.07, 6.45) is -3.57. The van der Waals surface area contributed by atoms with Crippen molar-refractivity contribution in [3.8, 4) is 0 Å². The van der Waals surface area contributed by atoms with Gasteiger partial charge in [-0.15, -0.1) is 0 Å². The molecule has 1 rings (SSSR count). The molecule has 18 heavy (non-hydrogen) atoms. The Morgan fingerprint density at radius 1 is 1.39 bits per heavy atom. The number of hydrogen-bond donors (Lipinski definition) is 2. The van der Waals surface area contributed by atoms with Gasteiger partial charge in [0.2, 0.25) is 0 Å². The molecule has 0 heterocycles. The Morgan fingerprint density at radius 3 is 2.33 bits per heavy atom. The molecule has 2 amide bonds. The van der Waals surface area contributed by atoms with Gasteiger partial charge in [0.25, 0.3) is 0 Å². The van der Waals surface area contributed by atoms with Gasteiger partial charge in [0.05, 0.1) is 11.5 Å². The van der Waals surface area contributed by atoms with Crippen molar-refractivity contribution in [3.05, 3.63) is 0 Å². The monoisotopic (exact) mass is 283 g/mol. The fraction of sp³-hybridized carbons (Fsp3) is 0.667. The number of hydrogen-bond acceptors (Lipinski definition) is 3. The Morgan fingerprint density at radius 2 is 1.94 bits per heavy atom. The van der Waals surface area contributed by atoms with Crippen molar-refractivity contribution in [2.45, 2.75) is 25.1 Å². The Kier molecular flexibility index (Phi) is 4.49. The second kappa shape index (κ2) is 5.51. The number of thiocarbonyl (C=S) groups is 1. The zero-order valence-corrected chi connectivity index (χ0v) is 10.1. The molecule has 1 aliphatic rings. The molecular weight excluding hydrogens is 271 g/mol. The first-order valence-electron chi connectivity index (χ1n) is 5.14. The quantitative estimate of drug-likeness (QED) is 0.560. The van der Waals surface area contributed by atoms with Crippen LogP contribution in [0.4, 0.5) is 13.2 Å². The van der Waals surface area contributed by atoms with E-state index in [-0.39, 0.29) is 11.5 Å². The van der Waals surface area contributed by atoms with Crippen molar-refractivity contribution in [2.75, 3.05) is 13.1 Å². The number of nitrogens with two attached hydrogens (primary N) is 1. The highest BCUT2D eigenvalue weighted by Crippen LogP contribution is 2.30. The number of alkyl halides is 3. The van der Waals surface area contributed by atoms with Crippen molar-refractivity contribution in [3.63, 3.8) is 0 Å². The molecule has 0 radical (unpaired) electrons. The highest BCUT2D eigenvalue weighted by atomic mass is 32.1. The molecule has 0 unspecified atom stereocenters. The van der Waals surface area contributed by atoms with Crippen LogP contribution in [0.1, 0.15) is 12.8 Å². The summed E-state index contributed by atoms with van der Waals surface area (Å²) in [7, 11) is 0. The van der Waals surface area contributed by atoms with E-state index in [2.05, 4.69) is 17.5 Å². The van der Waals surface area contributed by atoms with E-state index in [0.29, 0.717) is 17.7 Å². The van der Waals surface area contributed by atoms with Crippen LogP contribution >= 0.6 is 12.2 Å². The van der Waals surface area contributed by atoms with Gasteiger partial charge in [-0.3, -0.25) is 9.59 Å². The molecule has 9 heteroatoms. The molecule has 0 aromatic rings. The van der Waals surface area contributed by atoms with Crippen LogP contribution in [0.2, 0.25) is 0 Å². The summed E-state index contributed by atoms with van der Waals surface area (Å²) >= 11 is 4.48. The summed E-state index contributed by atoms with van der Waals surface area (Å²) in [4.78, 5) is 23.4. The van der Waals surface area contributed by atoms with Crippen LogP contribution in [0.3, 0.4) is 0 Å². The molecule has 0 aromatic carbocycles. The van der Waals surface area contributed by atoms with Crippen molar-refractivity contribution < 1.29 is 22.8 Å². The maximum atomic E-state index is 12.3. The van der Waals surface area contributed by atoms with Gasteiger partial charge < -0.3 is 16.0 Å². The van der Waals surface area contributed by atoms with Gasteiger partial charge in [0.15, 0.2) is 0 Å². The SMILES string of the molecule is NC(=S)CNC(=O)C(=O)N(CC(F)(F)F)C1CC1. The fourth-order valence-electron chi connectivity index (χ4n) is 1.32. The van der Waals surface area contributed by atoms with E-state index in [1.807, 2.05) is 0 Å². The van der Waals surface area contributed by atoms with Crippen LogP contribution in [-0.2, 0) is 9.59 Å². The lowest BCUT2D eigenvalue weighted by atomic mass is 10.4. The largest absolute Gasteiger partial charge is 0.406 e. The Hall–Kier alpha value is -1.38. The predicted octanol–water partition coefficient (Wildman–Crippen LogP) is -0.0580. The summed E-state index contributed by atoms with van der Waals surface area (Å²) in [5.41, 5.74) is 5.10. The average molecular weight is 283 g/mol. The number of amides is 2. The zero-order chi connectivity index (χ0) is 13.9. The number of rotatable bonds is 4. The van der Waals surface area contributed by atoms with E-state index >= 15 is 0 Å². The second-order valence-corrected chi connectivity index (χ2v) is 4.45. The Balaban J connectivity index is 2.59. The van der Waals surface area contributed by atoms with Crippen LogP contribution in [-0.4, -0.2) is 47.0 Å². The van der Waals surface area contributed by atoms with Gasteiger partial charge in [-0.2, -0.15) is 13.2 Å². The van der Waals surface area contributed by atoms with Crippen LogP contribution in [0.15, 0.2) is 0 Å². The Labute approximate surface area is 106 Å². The smallest absolute Gasteiger partial charge is 0.392 e. The third-order valence-electron chi connectivity index (χ3n) is 2.22. The Bertz CT molecular complexity index is 369. The lowest BCUT2D eigenvalue weighted by Gasteiger charge is -2.22. The maximum absolute atomic E-state index is 12.3. The molecule has 1 fully saturated rings. The van der Waals surface area contributed by atoms with Gasteiger partial charge in [0, 0.05) is 6.04 Å². The highest BCUT2D eigenvalue weighted by Gasteiger charge is 2.42. The highest BCUT2D eigenvalue weighted by molar-refractivity contribution is 7.80. The van der Waals surface area contributed by atoms with Gasteiger partial charge in [0.1, 0.15) is 6.54 Å². The topological polar surface area (TPSA) is 75.4 Å². The molecule has 1 aliphatic carbocycles. The van der Waals surface area contributed by atoms with Crippen molar-refractivity contribution in [1.82, 2.24) is 10.2 Å². The molecular formula is C9H12F3N3O2S. The molecule has 0 saturated heterocycles. The first-order chi connectivity index (χ1) is 8.20. The molecule has 3 N–H and O–H groups in total. The second-order valence-electron chi connectivity index (χ2n) is 3.93. The van der Waals surface area contributed by atoms with E-state index in [1.165, 1.54) is 0 Å². The summed E-state index contributed by atoms with van der Waals surface area (Å²) in [6.45, 7) is -1.64. The molecule has 0 bridgehead atoms. The predicted molar refractivity (Wildman–Crippen MR) is 60.6 cm³/mol. The van der Waals surface area contributed by atoms with E-state index in [9.17, 15) is 22.8 Å². The number of carbonyl (C=O) groups is 2. The molecule has 0 atom stereocenters. The van der Waals surface area contributed by atoms with E-state index < -0.39 is 30.6 Å². The first-order valence-corrected chi connectivity index (χ1v) is 5.55. The van der Waals surface area contributed by atoms with Gasteiger partial charge in [-0.1, -0.05) is 12.2 Å². The first kappa shape index (κ1) is 14.7. The van der Waals surface area contributed by atoms with E-state index in [4.69, 9.17) is 5.73 Å². The van der Waals surface area contributed by atoms with Crippen molar-refractivity contribution in [1.29, 1.82) is 0 Å². The minimum atomic E-state index is -4.53. The lowest BCUT2D eigenvalue weighted by molar-refractivity contribution is -0.165. The molecule has 0 aliphatic heterocycles. The van der Waals surface area contributed by atoms with Crippen LogP contribution < -0.4 is 11.1 Å². The summed E-state index contributed by atoms with van der Waals surface area (Å²) in [6, 6.07) is -0.505. The maximum Gasteiger partial charge on any atom is 0.406 e. The average Bonchev–Trinajstić information content (AvgIpc) is 3.03. The lowest BCUT2D eigenvalue weighted by Crippen LogP contribution is -2.48. The molecule has 0 spiro atoms. The minimum Gasteiger partial charge on any atom is -0.392 e. The summed E-state index contributed by atoms with van der Waals surface area (Å²) < 4.78 is 36.8. The van der Waals surface area contributed by atoms with E-state index in [1.54, 1.807) is 0 Å². The summed E-state index contributed by atoms with van der Waals surface area (Å²) in [5, 5.41) is 2.07. The molecule has 0 aromatic heterocycles. The van der Waals surface area contributed by atoms with Gasteiger partial charge in [-0.05, 0) is 12.8 Å². The van der Waals surface area contributed by atoms with Crippen molar-refractivity contribution >= 4 is 29.0 Å². The van der Waals surface area contributed by atoms with Crippen molar-refractivity contribution in [2.24, 2.45) is 5.73 Å². The standard InChI is InChI=1S/C9H12F3N3O2S/c10-9(11,12)4-15(5-1-2-5)8(17)7(16)14-3-6(13)18/h5H,1-4H2,(H2,13,18)(H,14,16). The number of nitrogens with one attached hydrogen (secondary N) is 1. The van der Waals surface area contributed by atoms with E-state index in [0.717, 1.165) is 0 Å². The van der Waals surface area contributed by atoms with Gasteiger partial charge >= 0.3 is 18.0 Å². The molecule has 102 valence electrons. The normalized spacial score (nSPS) is 15.1. The minimum absolute atomic E-state index is 0.0510. The van der Waals surface area contributed by atoms with Crippen LogP contribution in [0.5, 0.6) is 0 Å². The molecule has 5 nitrogen and oxygen atoms in total. The zero-order valence-electron chi connectivity index (χ0n) is 9.29. The third-order valence-corrected chi connectivity index (χ3v) is 2.36. The third kappa shape index (κ3) is 4.86. The fourth-order valence-corrected chi connectivity index (χ4v) is 1.39. The molecule has 1 saturated carbocycles. The van der Waals surface area contributed by atoms with Gasteiger partial charge in [-0.25, -0.2) is 0 Å². The number of carbonyl (C=O) groups excluding carboxylic acids is 2. The number of halogens is 3. The summed E-state index contributed by atoms with van der Waals surface area (Å²) in [5.74, 6) is -2.33.